The summed E-state index contributed by atoms with van der Waals surface area (Å²) in [6, 6.07) is 13.5. The van der Waals surface area contributed by atoms with Crippen LogP contribution < -0.4 is 4.90 Å². The molecule has 3 aromatic rings. The van der Waals surface area contributed by atoms with Crippen LogP contribution >= 0.6 is 0 Å². The van der Waals surface area contributed by atoms with Gasteiger partial charge in [-0.05, 0) is 48.1 Å². The van der Waals surface area contributed by atoms with E-state index in [9.17, 15) is 14.7 Å². The second-order valence-corrected chi connectivity index (χ2v) is 7.60. The summed E-state index contributed by atoms with van der Waals surface area (Å²) in [6.07, 6.45) is 2.41. The Morgan fingerprint density at radius 2 is 1.93 bits per heavy atom. The standard InChI is InChI=1S/C22H21N5O3/c28-21(18-7-4-9-27(18)22(29)30)26-10-8-16-17(14-5-2-1-3-6-14)11-15(12-19(16)26)20-23-13-24-25-20/h1-3,5-6,11-13,18H,4,7-10H2,(H,29,30)(H,23,24,25). The molecule has 3 heterocycles. The first-order valence-electron chi connectivity index (χ1n) is 10.0. The number of hydrogen-bond donors (Lipinski definition) is 2. The van der Waals surface area contributed by atoms with Crippen LogP contribution in [0.5, 0.6) is 0 Å². The van der Waals surface area contributed by atoms with Crippen molar-refractivity contribution in [3.8, 4) is 22.5 Å². The number of fused-ring (bicyclic) bond motifs is 1. The van der Waals surface area contributed by atoms with Gasteiger partial charge in [0.2, 0.25) is 5.91 Å². The number of anilines is 1. The maximum atomic E-state index is 13.4. The molecule has 2 aliphatic rings. The van der Waals surface area contributed by atoms with E-state index in [0.717, 1.165) is 34.4 Å². The number of hydrogen-bond acceptors (Lipinski definition) is 4. The Morgan fingerprint density at radius 3 is 2.67 bits per heavy atom. The Hall–Kier alpha value is -3.68. The van der Waals surface area contributed by atoms with Crippen LogP contribution in [0.1, 0.15) is 18.4 Å². The minimum Gasteiger partial charge on any atom is -0.465 e. The highest BCUT2D eigenvalue weighted by molar-refractivity contribution is 6.02. The third-order valence-electron chi connectivity index (χ3n) is 5.93. The van der Waals surface area contributed by atoms with Crippen molar-refractivity contribution in [1.29, 1.82) is 0 Å². The molecule has 0 bridgehead atoms. The van der Waals surface area contributed by atoms with Gasteiger partial charge in [-0.2, -0.15) is 5.10 Å². The first kappa shape index (κ1) is 18.4. The first-order valence-corrected chi connectivity index (χ1v) is 10.0. The van der Waals surface area contributed by atoms with E-state index in [4.69, 9.17) is 0 Å². The van der Waals surface area contributed by atoms with Crippen LogP contribution in [0.3, 0.4) is 0 Å². The van der Waals surface area contributed by atoms with Crippen LogP contribution in [0.25, 0.3) is 22.5 Å². The number of nitrogens with one attached hydrogen (secondary N) is 1. The molecule has 152 valence electrons. The highest BCUT2D eigenvalue weighted by Gasteiger charge is 2.39. The quantitative estimate of drug-likeness (QED) is 0.699. The molecule has 0 radical (unpaired) electrons. The van der Waals surface area contributed by atoms with Gasteiger partial charge in [-0.25, -0.2) is 9.78 Å². The van der Waals surface area contributed by atoms with E-state index in [1.54, 1.807) is 4.90 Å². The number of aromatic nitrogens is 3. The number of rotatable bonds is 3. The molecule has 1 unspecified atom stereocenters. The van der Waals surface area contributed by atoms with Crippen LogP contribution in [0.15, 0.2) is 48.8 Å². The van der Waals surface area contributed by atoms with E-state index in [1.807, 2.05) is 36.4 Å². The van der Waals surface area contributed by atoms with Gasteiger partial charge in [0, 0.05) is 24.3 Å². The number of carbonyl (C=O) groups excluding carboxylic acids is 1. The van der Waals surface area contributed by atoms with Crippen molar-refractivity contribution in [3.63, 3.8) is 0 Å². The molecule has 0 aliphatic carbocycles. The van der Waals surface area contributed by atoms with Gasteiger partial charge in [-0.15, -0.1) is 0 Å². The summed E-state index contributed by atoms with van der Waals surface area (Å²) >= 11 is 0. The Bertz CT molecular complexity index is 1100. The second kappa shape index (κ2) is 7.29. The number of amides is 2. The van der Waals surface area contributed by atoms with Gasteiger partial charge in [0.1, 0.15) is 12.4 Å². The van der Waals surface area contributed by atoms with Crippen molar-refractivity contribution in [1.82, 2.24) is 20.1 Å². The third kappa shape index (κ3) is 3.01. The molecular formula is C22H21N5O3. The van der Waals surface area contributed by atoms with E-state index < -0.39 is 12.1 Å². The van der Waals surface area contributed by atoms with Gasteiger partial charge in [0.05, 0.1) is 0 Å². The van der Waals surface area contributed by atoms with E-state index in [1.165, 1.54) is 11.2 Å². The molecule has 5 rings (SSSR count). The molecule has 2 aromatic carbocycles. The average molecular weight is 403 g/mol. The highest BCUT2D eigenvalue weighted by Crippen LogP contribution is 2.40. The largest absolute Gasteiger partial charge is 0.465 e. The molecule has 8 nitrogen and oxygen atoms in total. The lowest BCUT2D eigenvalue weighted by Crippen LogP contribution is -2.47. The summed E-state index contributed by atoms with van der Waals surface area (Å²) in [4.78, 5) is 32.2. The minimum absolute atomic E-state index is 0.151. The van der Waals surface area contributed by atoms with Crippen LogP contribution in [0.2, 0.25) is 0 Å². The smallest absolute Gasteiger partial charge is 0.407 e. The summed E-state index contributed by atoms with van der Waals surface area (Å²) < 4.78 is 0. The predicted octanol–water partition coefficient (Wildman–Crippen LogP) is 3.17. The zero-order valence-corrected chi connectivity index (χ0v) is 16.3. The number of H-pyrrole nitrogens is 1. The van der Waals surface area contributed by atoms with E-state index in [-0.39, 0.29) is 5.91 Å². The predicted molar refractivity (Wildman–Crippen MR) is 111 cm³/mol. The zero-order valence-electron chi connectivity index (χ0n) is 16.3. The Morgan fingerprint density at radius 1 is 1.10 bits per heavy atom. The average Bonchev–Trinajstić information content (AvgIpc) is 3.53. The molecule has 1 fully saturated rings. The number of carbonyl (C=O) groups is 2. The molecule has 1 saturated heterocycles. The summed E-state index contributed by atoms with van der Waals surface area (Å²) in [5, 5.41) is 16.3. The SMILES string of the molecule is O=C(C1CCCN1C(=O)O)N1CCc2c(-c3ccccc3)cc(-c3ncn[nH]3)cc21. The van der Waals surface area contributed by atoms with E-state index in [2.05, 4.69) is 21.2 Å². The number of benzene rings is 2. The fourth-order valence-electron chi connectivity index (χ4n) is 4.52. The molecule has 2 amide bonds. The van der Waals surface area contributed by atoms with Crippen molar-refractivity contribution in [2.45, 2.75) is 25.3 Å². The normalized spacial score (nSPS) is 17.9. The Labute approximate surface area is 173 Å². The number of likely N-dealkylation sites (tertiary alicyclic amines) is 1. The monoisotopic (exact) mass is 403 g/mol. The van der Waals surface area contributed by atoms with E-state index in [0.29, 0.717) is 31.8 Å². The molecule has 2 N–H and O–H groups in total. The lowest BCUT2D eigenvalue weighted by Gasteiger charge is -2.26. The number of nitrogens with zero attached hydrogens (tertiary/aromatic N) is 4. The van der Waals surface area contributed by atoms with Gasteiger partial charge in [0.25, 0.3) is 0 Å². The summed E-state index contributed by atoms with van der Waals surface area (Å²) in [6.45, 7) is 0.942. The van der Waals surface area contributed by atoms with Gasteiger partial charge in [-0.3, -0.25) is 14.8 Å². The lowest BCUT2D eigenvalue weighted by molar-refractivity contribution is -0.122. The Balaban J connectivity index is 1.60. The maximum Gasteiger partial charge on any atom is 0.407 e. The van der Waals surface area contributed by atoms with Crippen molar-refractivity contribution < 1.29 is 14.7 Å². The van der Waals surface area contributed by atoms with Crippen LogP contribution in [-0.2, 0) is 11.2 Å². The van der Waals surface area contributed by atoms with Crippen LogP contribution in [-0.4, -0.2) is 56.3 Å². The number of aromatic amines is 1. The van der Waals surface area contributed by atoms with Crippen molar-refractivity contribution in [3.05, 3.63) is 54.4 Å². The van der Waals surface area contributed by atoms with Gasteiger partial charge < -0.3 is 10.0 Å². The first-order chi connectivity index (χ1) is 14.6. The van der Waals surface area contributed by atoms with E-state index >= 15 is 0 Å². The molecule has 1 atom stereocenters. The summed E-state index contributed by atoms with van der Waals surface area (Å²) in [5.41, 5.74) is 4.88. The highest BCUT2D eigenvalue weighted by atomic mass is 16.4. The van der Waals surface area contributed by atoms with Crippen molar-refractivity contribution in [2.24, 2.45) is 0 Å². The summed E-state index contributed by atoms with van der Waals surface area (Å²) in [7, 11) is 0. The van der Waals surface area contributed by atoms with Gasteiger partial charge in [0.15, 0.2) is 5.82 Å². The molecule has 2 aliphatic heterocycles. The maximum absolute atomic E-state index is 13.4. The van der Waals surface area contributed by atoms with Gasteiger partial charge >= 0.3 is 6.09 Å². The fourth-order valence-corrected chi connectivity index (χ4v) is 4.52. The summed E-state index contributed by atoms with van der Waals surface area (Å²) in [5.74, 6) is 0.477. The fraction of sp³-hybridized carbons (Fsp3) is 0.273. The molecule has 1 aromatic heterocycles. The van der Waals surface area contributed by atoms with Crippen LogP contribution in [0.4, 0.5) is 10.5 Å². The third-order valence-corrected chi connectivity index (χ3v) is 5.93. The zero-order chi connectivity index (χ0) is 20.7. The van der Waals surface area contributed by atoms with Gasteiger partial charge in [-0.1, -0.05) is 30.3 Å². The number of carboxylic acid groups (broad SMARTS) is 1. The van der Waals surface area contributed by atoms with Crippen molar-refractivity contribution in [2.75, 3.05) is 18.0 Å². The lowest BCUT2D eigenvalue weighted by atomic mass is 9.95. The molecule has 0 spiro atoms. The molecule has 8 heteroatoms. The topological polar surface area (TPSA) is 102 Å². The molecule has 30 heavy (non-hydrogen) atoms. The second-order valence-electron chi connectivity index (χ2n) is 7.60. The Kier molecular flexibility index (Phi) is 4.46. The molecule has 0 saturated carbocycles. The van der Waals surface area contributed by atoms with Crippen molar-refractivity contribution >= 4 is 17.7 Å². The minimum atomic E-state index is -1.04. The molecular weight excluding hydrogens is 382 g/mol. The van der Waals surface area contributed by atoms with Crippen LogP contribution in [0, 0.1) is 0 Å².